The van der Waals surface area contributed by atoms with Crippen molar-refractivity contribution in [2.75, 3.05) is 0 Å². The zero-order valence-corrected chi connectivity index (χ0v) is 6.86. The molecule has 1 aromatic rings. The van der Waals surface area contributed by atoms with Crippen LogP contribution in [0.3, 0.4) is 0 Å². The van der Waals surface area contributed by atoms with E-state index in [1.54, 1.807) is 6.08 Å². The molecule has 0 fully saturated rings. The van der Waals surface area contributed by atoms with Gasteiger partial charge in [-0.05, 0) is 23.6 Å². The molecule has 0 saturated carbocycles. The van der Waals surface area contributed by atoms with Crippen LogP contribution in [0.1, 0.15) is 11.1 Å². The molecule has 0 aliphatic rings. The molecule has 2 N–H and O–H groups in total. The van der Waals surface area contributed by atoms with Crippen molar-refractivity contribution in [1.29, 1.82) is 0 Å². The van der Waals surface area contributed by atoms with E-state index in [1.165, 1.54) is 0 Å². The summed E-state index contributed by atoms with van der Waals surface area (Å²) >= 11 is 0. The first kappa shape index (κ1) is 8.81. The van der Waals surface area contributed by atoms with Crippen LogP contribution in [0.2, 0.25) is 0 Å². The number of benzene rings is 1. The van der Waals surface area contributed by atoms with Gasteiger partial charge in [0.25, 0.3) is 0 Å². The molecule has 2 heteroatoms. The van der Waals surface area contributed by atoms with Gasteiger partial charge in [0.2, 0.25) is 0 Å². The minimum Gasteiger partial charge on any atom is -0.326 e. The summed E-state index contributed by atoms with van der Waals surface area (Å²) in [5.74, 6) is 0. The summed E-state index contributed by atoms with van der Waals surface area (Å²) in [7, 11) is 0. The molecular formula is C10H12NO. The van der Waals surface area contributed by atoms with Gasteiger partial charge in [-0.15, -0.1) is 0 Å². The summed E-state index contributed by atoms with van der Waals surface area (Å²) < 4.78 is 0. The van der Waals surface area contributed by atoms with Crippen molar-refractivity contribution in [3.05, 3.63) is 47.7 Å². The Balaban J connectivity index is 2.72. The zero-order valence-electron chi connectivity index (χ0n) is 6.86. The van der Waals surface area contributed by atoms with Crippen LogP contribution in [-0.2, 0) is 18.1 Å². The normalized spacial score (nSPS) is 10.8. The summed E-state index contributed by atoms with van der Waals surface area (Å²) in [4.78, 5) is 0. The van der Waals surface area contributed by atoms with Gasteiger partial charge in [-0.1, -0.05) is 24.3 Å². The first-order valence-electron chi connectivity index (χ1n) is 3.91. The molecule has 0 saturated heterocycles. The highest BCUT2D eigenvalue weighted by Crippen LogP contribution is 2.05. The van der Waals surface area contributed by atoms with E-state index in [9.17, 15) is 5.11 Å². The monoisotopic (exact) mass is 162 g/mol. The van der Waals surface area contributed by atoms with Crippen molar-refractivity contribution in [3.8, 4) is 0 Å². The Bertz CT molecular complexity index is 268. The van der Waals surface area contributed by atoms with Gasteiger partial charge in [-0.25, -0.2) is 0 Å². The third-order valence-corrected chi connectivity index (χ3v) is 1.68. The summed E-state index contributed by atoms with van der Waals surface area (Å²) in [6.07, 6.45) is 3.10. The second-order valence-corrected chi connectivity index (χ2v) is 2.60. The molecule has 0 heterocycles. The van der Waals surface area contributed by atoms with Crippen molar-refractivity contribution < 1.29 is 5.11 Å². The highest BCUT2D eigenvalue weighted by Gasteiger charge is 1.91. The van der Waals surface area contributed by atoms with Gasteiger partial charge in [0.05, 0.1) is 0 Å². The Morgan fingerprint density at radius 1 is 1.33 bits per heavy atom. The lowest BCUT2D eigenvalue weighted by molar-refractivity contribution is 0.350. The Hall–Kier alpha value is -1.28. The van der Waals surface area contributed by atoms with E-state index in [0.717, 1.165) is 17.4 Å². The second-order valence-electron chi connectivity index (χ2n) is 2.60. The summed E-state index contributed by atoms with van der Waals surface area (Å²) in [5.41, 5.74) is 7.70. The summed E-state index contributed by atoms with van der Waals surface area (Å²) in [6.45, 7) is 0.551. The van der Waals surface area contributed by atoms with E-state index in [1.807, 2.05) is 24.3 Å². The van der Waals surface area contributed by atoms with Crippen LogP contribution in [0.25, 0.3) is 0 Å². The van der Waals surface area contributed by atoms with Crippen molar-refractivity contribution >= 4 is 0 Å². The molecule has 2 nitrogen and oxygen atoms in total. The van der Waals surface area contributed by atoms with Crippen LogP contribution in [0, 0.1) is 0 Å². The van der Waals surface area contributed by atoms with Crippen molar-refractivity contribution in [2.24, 2.45) is 5.73 Å². The van der Waals surface area contributed by atoms with Crippen LogP contribution < -0.4 is 5.73 Å². The molecule has 0 atom stereocenters. The molecule has 1 rings (SSSR count). The molecule has 0 amide bonds. The molecule has 0 bridgehead atoms. The average Bonchev–Trinajstić information content (AvgIpc) is 2.15. The number of hydrogen-bond donors (Lipinski definition) is 1. The van der Waals surface area contributed by atoms with E-state index in [-0.39, 0.29) is 0 Å². The van der Waals surface area contributed by atoms with E-state index in [2.05, 4.69) is 0 Å². The van der Waals surface area contributed by atoms with Gasteiger partial charge < -0.3 is 5.73 Å². The van der Waals surface area contributed by atoms with E-state index >= 15 is 0 Å². The maximum atomic E-state index is 10.1. The number of hydrogen-bond acceptors (Lipinski definition) is 1. The molecule has 1 aromatic carbocycles. The second kappa shape index (κ2) is 4.57. The Kier molecular flexibility index (Phi) is 3.35. The molecule has 0 spiro atoms. The standard InChI is InChI=1S/C10H12NO/c11-8-10-4-1-3-9(7-10)5-2-6-12/h1-4,6-7H,5,8,11H2. The quantitative estimate of drug-likeness (QED) is 0.674. The number of nitrogens with two attached hydrogens (primary N) is 1. The van der Waals surface area contributed by atoms with Gasteiger partial charge in [-0.3, -0.25) is 5.11 Å². The third kappa shape index (κ3) is 2.40. The lowest BCUT2D eigenvalue weighted by Gasteiger charge is -1.99. The Morgan fingerprint density at radius 2 is 2.08 bits per heavy atom. The molecule has 0 unspecified atom stereocenters. The molecular weight excluding hydrogens is 150 g/mol. The van der Waals surface area contributed by atoms with Crippen molar-refractivity contribution in [1.82, 2.24) is 0 Å². The van der Waals surface area contributed by atoms with Gasteiger partial charge in [-0.2, -0.15) is 0 Å². The fourth-order valence-electron chi connectivity index (χ4n) is 1.07. The van der Waals surface area contributed by atoms with Crippen LogP contribution in [0.5, 0.6) is 0 Å². The van der Waals surface area contributed by atoms with Gasteiger partial charge in [0, 0.05) is 6.54 Å². The summed E-state index contributed by atoms with van der Waals surface area (Å²) in [6, 6.07) is 7.93. The summed E-state index contributed by atoms with van der Waals surface area (Å²) in [5, 5.41) is 10.1. The first-order valence-corrected chi connectivity index (χ1v) is 3.91. The smallest absolute Gasteiger partial charge is 0.139 e. The van der Waals surface area contributed by atoms with E-state index in [4.69, 9.17) is 5.73 Å². The maximum absolute atomic E-state index is 10.1. The topological polar surface area (TPSA) is 45.9 Å². The average molecular weight is 162 g/mol. The van der Waals surface area contributed by atoms with Crippen LogP contribution in [0.4, 0.5) is 0 Å². The lowest BCUT2D eigenvalue weighted by Crippen LogP contribution is -1.96. The zero-order chi connectivity index (χ0) is 8.81. The number of allylic oxidation sites excluding steroid dienone is 1. The fraction of sp³-hybridized carbons (Fsp3) is 0.200. The van der Waals surface area contributed by atoms with Gasteiger partial charge in [0.15, 0.2) is 0 Å². The van der Waals surface area contributed by atoms with E-state index < -0.39 is 0 Å². The minimum absolute atomic E-state index is 0.551. The van der Waals surface area contributed by atoms with Crippen LogP contribution in [-0.4, -0.2) is 0 Å². The SMILES string of the molecule is NCc1cccc(CC=C[O])c1. The van der Waals surface area contributed by atoms with Gasteiger partial charge in [0.1, 0.15) is 6.26 Å². The minimum atomic E-state index is 0.551. The largest absolute Gasteiger partial charge is 0.326 e. The Labute approximate surface area is 72.3 Å². The number of rotatable bonds is 3. The van der Waals surface area contributed by atoms with Crippen molar-refractivity contribution in [3.63, 3.8) is 0 Å². The highest BCUT2D eigenvalue weighted by atomic mass is 16.2. The molecule has 1 radical (unpaired) electrons. The third-order valence-electron chi connectivity index (χ3n) is 1.68. The molecule has 0 aliphatic heterocycles. The van der Waals surface area contributed by atoms with Crippen LogP contribution in [0.15, 0.2) is 36.6 Å². The predicted molar refractivity (Wildman–Crippen MR) is 47.9 cm³/mol. The Morgan fingerprint density at radius 3 is 2.75 bits per heavy atom. The first-order chi connectivity index (χ1) is 5.86. The molecule has 0 aromatic heterocycles. The van der Waals surface area contributed by atoms with E-state index in [0.29, 0.717) is 13.0 Å². The fourth-order valence-corrected chi connectivity index (χ4v) is 1.07. The lowest BCUT2D eigenvalue weighted by atomic mass is 10.1. The van der Waals surface area contributed by atoms with Crippen molar-refractivity contribution in [2.45, 2.75) is 13.0 Å². The van der Waals surface area contributed by atoms with Crippen LogP contribution >= 0.6 is 0 Å². The molecule has 0 aliphatic carbocycles. The predicted octanol–water partition coefficient (Wildman–Crippen LogP) is 1.63. The molecule has 63 valence electrons. The highest BCUT2D eigenvalue weighted by molar-refractivity contribution is 5.24. The van der Waals surface area contributed by atoms with Gasteiger partial charge >= 0.3 is 0 Å². The molecule has 12 heavy (non-hydrogen) atoms. The maximum Gasteiger partial charge on any atom is 0.139 e.